The maximum Gasteiger partial charge on any atom is 0.314 e. The minimum absolute atomic E-state index is 0.134. The quantitative estimate of drug-likeness (QED) is 0.780. The van der Waals surface area contributed by atoms with Crippen LogP contribution in [0.2, 0.25) is 0 Å². The minimum Gasteiger partial charge on any atom is -0.387 e. The van der Waals surface area contributed by atoms with Gasteiger partial charge in [-0.1, -0.05) is 43.7 Å². The molecule has 0 radical (unpaired) electrons. The van der Waals surface area contributed by atoms with Crippen LogP contribution >= 0.6 is 11.8 Å². The Morgan fingerprint density at radius 3 is 2.59 bits per heavy atom. The topological polar surface area (TPSA) is 61.4 Å². The zero-order valence-electron chi connectivity index (χ0n) is 13.6. The molecule has 0 aliphatic carbocycles. The number of carbonyl (C=O) groups excluding carboxylic acids is 1. The van der Waals surface area contributed by atoms with E-state index in [1.807, 2.05) is 0 Å². The summed E-state index contributed by atoms with van der Waals surface area (Å²) in [6.45, 7) is 7.15. The van der Waals surface area contributed by atoms with E-state index < -0.39 is 5.60 Å². The third kappa shape index (κ3) is 4.65. The Balaban J connectivity index is 1.80. The Hall–Kier alpha value is -1.20. The van der Waals surface area contributed by atoms with Crippen LogP contribution in [-0.2, 0) is 5.41 Å². The second kappa shape index (κ2) is 6.92. The smallest absolute Gasteiger partial charge is 0.314 e. The number of hydrogen-bond acceptors (Lipinski definition) is 3. The van der Waals surface area contributed by atoms with Gasteiger partial charge in [-0.25, -0.2) is 4.79 Å². The fraction of sp³-hybridized carbons (Fsp3) is 0.588. The van der Waals surface area contributed by atoms with Crippen molar-refractivity contribution in [3.8, 4) is 0 Å². The molecule has 0 saturated carbocycles. The van der Waals surface area contributed by atoms with Crippen molar-refractivity contribution in [2.24, 2.45) is 0 Å². The average Bonchev–Trinajstić information content (AvgIpc) is 2.91. The Labute approximate surface area is 137 Å². The fourth-order valence-corrected chi connectivity index (χ4v) is 3.75. The largest absolute Gasteiger partial charge is 0.387 e. The minimum atomic E-state index is -0.742. The van der Waals surface area contributed by atoms with Gasteiger partial charge in [0.15, 0.2) is 0 Å². The maximum atomic E-state index is 11.9. The van der Waals surface area contributed by atoms with Gasteiger partial charge in [-0.15, -0.1) is 0 Å². The lowest BCUT2D eigenvalue weighted by Crippen LogP contribution is -2.48. The Kier molecular flexibility index (Phi) is 5.40. The number of benzene rings is 1. The Bertz CT molecular complexity index is 508. The molecule has 0 spiro atoms. The third-order valence-electron chi connectivity index (χ3n) is 4.18. The summed E-state index contributed by atoms with van der Waals surface area (Å²) in [6, 6.07) is 8.17. The van der Waals surface area contributed by atoms with E-state index in [0.29, 0.717) is 18.8 Å². The van der Waals surface area contributed by atoms with Crippen LogP contribution in [0, 0.1) is 6.92 Å². The number of aliphatic hydroxyl groups is 1. The van der Waals surface area contributed by atoms with Crippen molar-refractivity contribution in [1.29, 1.82) is 0 Å². The zero-order chi connectivity index (χ0) is 16.2. The molecule has 1 aliphatic heterocycles. The second-order valence-electron chi connectivity index (χ2n) is 6.81. The van der Waals surface area contributed by atoms with Gasteiger partial charge >= 0.3 is 6.03 Å². The van der Waals surface area contributed by atoms with E-state index in [2.05, 4.69) is 55.7 Å². The van der Waals surface area contributed by atoms with Crippen molar-refractivity contribution in [3.05, 3.63) is 35.4 Å². The summed E-state index contributed by atoms with van der Waals surface area (Å²) in [7, 11) is 0. The average molecular weight is 322 g/mol. The normalized spacial score (nSPS) is 21.6. The molecule has 1 aromatic rings. The van der Waals surface area contributed by atoms with E-state index in [1.54, 1.807) is 11.8 Å². The summed E-state index contributed by atoms with van der Waals surface area (Å²) >= 11 is 1.73. The van der Waals surface area contributed by atoms with E-state index in [0.717, 1.165) is 12.2 Å². The first-order chi connectivity index (χ1) is 10.3. The van der Waals surface area contributed by atoms with Crippen molar-refractivity contribution in [1.82, 2.24) is 10.6 Å². The first-order valence-electron chi connectivity index (χ1n) is 7.70. The summed E-state index contributed by atoms with van der Waals surface area (Å²) in [5.74, 6) is 1.66. The zero-order valence-corrected chi connectivity index (χ0v) is 14.4. The van der Waals surface area contributed by atoms with Gasteiger partial charge in [-0.3, -0.25) is 0 Å². The van der Waals surface area contributed by atoms with Gasteiger partial charge in [0.25, 0.3) is 0 Å². The number of urea groups is 1. The summed E-state index contributed by atoms with van der Waals surface area (Å²) in [5, 5.41) is 15.9. The van der Waals surface area contributed by atoms with Crippen molar-refractivity contribution in [2.45, 2.75) is 38.2 Å². The summed E-state index contributed by atoms with van der Waals surface area (Å²) < 4.78 is 0. The highest BCUT2D eigenvalue weighted by atomic mass is 32.2. The molecule has 2 amide bonds. The molecule has 1 fully saturated rings. The molecule has 0 aromatic heterocycles. The number of carbonyl (C=O) groups is 1. The van der Waals surface area contributed by atoms with Gasteiger partial charge in [-0.05, 0) is 24.7 Å². The summed E-state index contributed by atoms with van der Waals surface area (Å²) in [6.07, 6.45) is 0.743. The fourth-order valence-electron chi connectivity index (χ4n) is 2.45. The lowest BCUT2D eigenvalue weighted by molar-refractivity contribution is 0.0699. The van der Waals surface area contributed by atoms with Crippen molar-refractivity contribution < 1.29 is 9.90 Å². The van der Waals surface area contributed by atoms with Crippen LogP contribution in [0.25, 0.3) is 0 Å². The molecule has 3 N–H and O–H groups in total. The number of amides is 2. The standard InChI is InChI=1S/C17H26N2O2S/c1-13-4-6-14(7-5-13)16(2,3)10-18-15(20)19-11-17(21)8-9-22-12-17/h4-7,21H,8-12H2,1-3H3,(H2,18,19,20). The number of aryl methyl sites for hydroxylation is 1. The van der Waals surface area contributed by atoms with Crippen LogP contribution in [0.5, 0.6) is 0 Å². The third-order valence-corrected chi connectivity index (χ3v) is 5.42. The SMILES string of the molecule is Cc1ccc(C(C)(C)CNC(=O)NCC2(O)CCSC2)cc1. The van der Waals surface area contributed by atoms with Gasteiger partial charge in [0.2, 0.25) is 0 Å². The van der Waals surface area contributed by atoms with Crippen molar-refractivity contribution >= 4 is 17.8 Å². The lowest BCUT2D eigenvalue weighted by Gasteiger charge is -2.27. The molecule has 1 saturated heterocycles. The van der Waals surface area contributed by atoms with Crippen LogP contribution in [0.3, 0.4) is 0 Å². The molecule has 5 heteroatoms. The molecule has 4 nitrogen and oxygen atoms in total. The highest BCUT2D eigenvalue weighted by molar-refractivity contribution is 7.99. The summed E-state index contributed by atoms with van der Waals surface area (Å²) in [4.78, 5) is 11.9. The number of thioether (sulfide) groups is 1. The first-order valence-corrected chi connectivity index (χ1v) is 8.85. The second-order valence-corrected chi connectivity index (χ2v) is 7.92. The molecule has 1 aliphatic rings. The van der Waals surface area contributed by atoms with Crippen LogP contribution in [-0.4, -0.2) is 41.3 Å². The molecule has 1 aromatic carbocycles. The van der Waals surface area contributed by atoms with E-state index in [-0.39, 0.29) is 11.4 Å². The van der Waals surface area contributed by atoms with Crippen LogP contribution in [0.1, 0.15) is 31.4 Å². The lowest BCUT2D eigenvalue weighted by atomic mass is 9.84. The molecule has 0 bridgehead atoms. The van der Waals surface area contributed by atoms with Gasteiger partial charge in [0.1, 0.15) is 0 Å². The molecule has 1 heterocycles. The van der Waals surface area contributed by atoms with Crippen molar-refractivity contribution in [2.75, 3.05) is 24.6 Å². The molecule has 1 atom stereocenters. The van der Waals surface area contributed by atoms with E-state index >= 15 is 0 Å². The van der Waals surface area contributed by atoms with Crippen molar-refractivity contribution in [3.63, 3.8) is 0 Å². The van der Waals surface area contributed by atoms with Gasteiger partial charge in [0, 0.05) is 24.3 Å². The number of nitrogens with one attached hydrogen (secondary N) is 2. The Morgan fingerprint density at radius 2 is 2.00 bits per heavy atom. The van der Waals surface area contributed by atoms with E-state index in [4.69, 9.17) is 0 Å². The van der Waals surface area contributed by atoms with Gasteiger partial charge < -0.3 is 15.7 Å². The molecular formula is C17H26N2O2S. The maximum absolute atomic E-state index is 11.9. The van der Waals surface area contributed by atoms with Gasteiger partial charge in [-0.2, -0.15) is 11.8 Å². The summed E-state index contributed by atoms with van der Waals surface area (Å²) in [5.41, 5.74) is 1.55. The highest BCUT2D eigenvalue weighted by Crippen LogP contribution is 2.27. The number of hydrogen-bond donors (Lipinski definition) is 3. The van der Waals surface area contributed by atoms with Gasteiger partial charge in [0.05, 0.1) is 5.60 Å². The van der Waals surface area contributed by atoms with Crippen LogP contribution < -0.4 is 10.6 Å². The Morgan fingerprint density at radius 1 is 1.32 bits per heavy atom. The molecule has 2 rings (SSSR count). The first kappa shape index (κ1) is 17.2. The van der Waals surface area contributed by atoms with Crippen LogP contribution in [0.15, 0.2) is 24.3 Å². The molecule has 22 heavy (non-hydrogen) atoms. The predicted molar refractivity (Wildman–Crippen MR) is 92.5 cm³/mol. The van der Waals surface area contributed by atoms with Crippen LogP contribution in [0.4, 0.5) is 4.79 Å². The molecule has 122 valence electrons. The number of rotatable bonds is 5. The highest BCUT2D eigenvalue weighted by Gasteiger charge is 2.32. The predicted octanol–water partition coefficient (Wildman–Crippen LogP) is 2.44. The van der Waals surface area contributed by atoms with E-state index in [9.17, 15) is 9.90 Å². The van der Waals surface area contributed by atoms with E-state index in [1.165, 1.54) is 11.1 Å². The molecule has 1 unspecified atom stereocenters. The molecular weight excluding hydrogens is 296 g/mol. The monoisotopic (exact) mass is 322 g/mol.